The predicted molar refractivity (Wildman–Crippen MR) is 110 cm³/mol. The van der Waals surface area contributed by atoms with Crippen LogP contribution >= 0.6 is 24.0 Å². The van der Waals surface area contributed by atoms with Crippen LogP contribution in [0.25, 0.3) is 17.1 Å². The normalized spacial score (nSPS) is 18.2. The summed E-state index contributed by atoms with van der Waals surface area (Å²) < 4.78 is 7.57. The second kappa shape index (κ2) is 7.17. The molecule has 0 radical (unpaired) electrons. The summed E-state index contributed by atoms with van der Waals surface area (Å²) in [6, 6.07) is 6.00. The van der Waals surface area contributed by atoms with E-state index in [2.05, 4.69) is 15.2 Å². The van der Waals surface area contributed by atoms with E-state index in [1.54, 1.807) is 0 Å². The van der Waals surface area contributed by atoms with Crippen molar-refractivity contribution in [2.24, 2.45) is 5.73 Å². The standard InChI is InChI=1S/C20H22ClN5O.ClH/c1-12-4-7-14(10-16(12)21)26-17(13-5-6-13)15(11-23-26)18-24-19(25-27-18)20(22)8-2-3-9-20;/h4,7,10-11,13H,2-3,5-6,8-9,22H2,1H3;1H. The molecule has 0 amide bonds. The molecule has 0 saturated heterocycles. The number of hydrogen-bond donors (Lipinski definition) is 1. The Kier molecular flexibility index (Phi) is 4.98. The van der Waals surface area contributed by atoms with Gasteiger partial charge in [0.25, 0.3) is 5.89 Å². The lowest BCUT2D eigenvalue weighted by Gasteiger charge is -2.17. The lowest BCUT2D eigenvalue weighted by Crippen LogP contribution is -2.34. The van der Waals surface area contributed by atoms with E-state index in [1.807, 2.05) is 36.0 Å². The van der Waals surface area contributed by atoms with Crippen molar-refractivity contribution in [3.8, 4) is 17.1 Å². The van der Waals surface area contributed by atoms with Gasteiger partial charge in [0.2, 0.25) is 0 Å². The van der Waals surface area contributed by atoms with Crippen LogP contribution < -0.4 is 5.73 Å². The predicted octanol–water partition coefficient (Wildman–Crippen LogP) is 4.91. The highest BCUT2D eigenvalue weighted by atomic mass is 35.5. The van der Waals surface area contributed by atoms with Gasteiger partial charge in [0.15, 0.2) is 5.82 Å². The maximum atomic E-state index is 6.49. The number of benzene rings is 1. The van der Waals surface area contributed by atoms with Crippen molar-refractivity contribution in [3.05, 3.63) is 46.5 Å². The van der Waals surface area contributed by atoms with Gasteiger partial charge in [0.05, 0.1) is 28.7 Å². The summed E-state index contributed by atoms with van der Waals surface area (Å²) in [5, 5.41) is 9.56. The van der Waals surface area contributed by atoms with Crippen molar-refractivity contribution in [1.82, 2.24) is 19.9 Å². The van der Waals surface area contributed by atoms with Gasteiger partial charge in [0, 0.05) is 10.9 Å². The fraction of sp³-hybridized carbons (Fsp3) is 0.450. The number of hydrogen-bond acceptors (Lipinski definition) is 5. The summed E-state index contributed by atoms with van der Waals surface area (Å²) in [4.78, 5) is 4.66. The summed E-state index contributed by atoms with van der Waals surface area (Å²) >= 11 is 6.33. The molecule has 5 rings (SSSR count). The van der Waals surface area contributed by atoms with Gasteiger partial charge < -0.3 is 10.3 Å². The van der Waals surface area contributed by atoms with Gasteiger partial charge in [-0.1, -0.05) is 35.7 Å². The molecular formula is C20H23Cl2N5O. The third-order valence-corrected chi connectivity index (χ3v) is 6.18. The summed E-state index contributed by atoms with van der Waals surface area (Å²) in [5.74, 6) is 1.58. The van der Waals surface area contributed by atoms with Crippen LogP contribution in [0.5, 0.6) is 0 Å². The topological polar surface area (TPSA) is 82.8 Å². The largest absolute Gasteiger partial charge is 0.334 e. The average Bonchev–Trinajstić information content (AvgIpc) is 3.06. The number of nitrogens with two attached hydrogens (primary N) is 1. The smallest absolute Gasteiger partial charge is 0.261 e. The Morgan fingerprint density at radius 3 is 2.68 bits per heavy atom. The first-order valence-electron chi connectivity index (χ1n) is 9.53. The van der Waals surface area contributed by atoms with Crippen LogP contribution in [0.15, 0.2) is 28.9 Å². The van der Waals surface area contributed by atoms with E-state index in [9.17, 15) is 0 Å². The number of rotatable bonds is 4. The molecule has 6 nitrogen and oxygen atoms in total. The Hall–Kier alpha value is -1.89. The molecule has 2 N–H and O–H groups in total. The van der Waals surface area contributed by atoms with Gasteiger partial charge in [-0.15, -0.1) is 12.4 Å². The third kappa shape index (κ3) is 3.23. The Labute approximate surface area is 174 Å². The molecule has 0 unspecified atom stereocenters. The highest BCUT2D eigenvalue weighted by Gasteiger charge is 2.38. The summed E-state index contributed by atoms with van der Waals surface area (Å²) in [7, 11) is 0. The molecule has 0 spiro atoms. The lowest BCUT2D eigenvalue weighted by atomic mass is 9.98. The molecule has 0 atom stereocenters. The zero-order valence-electron chi connectivity index (χ0n) is 15.7. The summed E-state index contributed by atoms with van der Waals surface area (Å²) in [6.07, 6.45) is 8.13. The first kappa shape index (κ1) is 19.4. The quantitative estimate of drug-likeness (QED) is 0.649. The fourth-order valence-electron chi connectivity index (χ4n) is 3.96. The average molecular weight is 420 g/mol. The summed E-state index contributed by atoms with van der Waals surface area (Å²) in [5.41, 5.74) is 10.0. The monoisotopic (exact) mass is 419 g/mol. The van der Waals surface area contributed by atoms with Gasteiger partial charge in [-0.25, -0.2) is 4.68 Å². The Morgan fingerprint density at radius 1 is 1.25 bits per heavy atom. The maximum Gasteiger partial charge on any atom is 0.261 e. The van der Waals surface area contributed by atoms with Gasteiger partial charge >= 0.3 is 0 Å². The lowest BCUT2D eigenvalue weighted by molar-refractivity contribution is 0.372. The van der Waals surface area contributed by atoms with Crippen LogP contribution in [0.2, 0.25) is 5.02 Å². The van der Waals surface area contributed by atoms with Gasteiger partial charge in [-0.05, 0) is 50.3 Å². The minimum Gasteiger partial charge on any atom is -0.334 e. The van der Waals surface area contributed by atoms with Crippen molar-refractivity contribution in [2.75, 3.05) is 0 Å². The fourth-order valence-corrected chi connectivity index (χ4v) is 4.13. The van der Waals surface area contributed by atoms with Gasteiger partial charge in [-0.2, -0.15) is 10.1 Å². The van der Waals surface area contributed by atoms with Crippen molar-refractivity contribution >= 4 is 24.0 Å². The molecule has 3 aromatic rings. The Balaban J connectivity index is 0.00000192. The molecule has 0 aliphatic heterocycles. The van der Waals surface area contributed by atoms with Crippen LogP contribution in [-0.4, -0.2) is 19.9 Å². The Bertz CT molecular complexity index is 1000. The highest BCUT2D eigenvalue weighted by Crippen LogP contribution is 2.45. The highest BCUT2D eigenvalue weighted by molar-refractivity contribution is 6.31. The molecule has 2 heterocycles. The minimum absolute atomic E-state index is 0. The van der Waals surface area contributed by atoms with Gasteiger partial charge in [-0.3, -0.25) is 0 Å². The molecule has 2 aromatic heterocycles. The maximum absolute atomic E-state index is 6.49. The molecule has 28 heavy (non-hydrogen) atoms. The molecular weight excluding hydrogens is 397 g/mol. The second-order valence-electron chi connectivity index (χ2n) is 7.85. The number of aromatic nitrogens is 4. The number of halogens is 2. The van der Waals surface area contributed by atoms with E-state index in [-0.39, 0.29) is 12.4 Å². The van der Waals surface area contributed by atoms with Crippen LogP contribution in [-0.2, 0) is 5.54 Å². The van der Waals surface area contributed by atoms with E-state index in [0.29, 0.717) is 17.6 Å². The van der Waals surface area contributed by atoms with E-state index in [0.717, 1.165) is 66.1 Å². The van der Waals surface area contributed by atoms with E-state index in [1.165, 1.54) is 0 Å². The van der Waals surface area contributed by atoms with Crippen LogP contribution in [0, 0.1) is 6.92 Å². The van der Waals surface area contributed by atoms with Crippen molar-refractivity contribution in [1.29, 1.82) is 0 Å². The molecule has 2 aliphatic rings. The number of aryl methyl sites for hydroxylation is 1. The van der Waals surface area contributed by atoms with Crippen LogP contribution in [0.4, 0.5) is 0 Å². The van der Waals surface area contributed by atoms with E-state index < -0.39 is 5.54 Å². The second-order valence-corrected chi connectivity index (χ2v) is 8.26. The first-order chi connectivity index (χ1) is 13.0. The molecule has 2 saturated carbocycles. The van der Waals surface area contributed by atoms with E-state index in [4.69, 9.17) is 21.9 Å². The zero-order valence-corrected chi connectivity index (χ0v) is 17.3. The molecule has 8 heteroatoms. The third-order valence-electron chi connectivity index (χ3n) is 5.77. The molecule has 0 bridgehead atoms. The molecule has 148 valence electrons. The molecule has 2 aliphatic carbocycles. The zero-order chi connectivity index (χ0) is 18.6. The van der Waals surface area contributed by atoms with Gasteiger partial charge in [0.1, 0.15) is 0 Å². The van der Waals surface area contributed by atoms with E-state index >= 15 is 0 Å². The van der Waals surface area contributed by atoms with Crippen LogP contribution in [0.1, 0.15) is 61.5 Å². The summed E-state index contributed by atoms with van der Waals surface area (Å²) in [6.45, 7) is 1.99. The Morgan fingerprint density at radius 2 is 2.00 bits per heavy atom. The van der Waals surface area contributed by atoms with Crippen molar-refractivity contribution in [2.45, 2.75) is 56.9 Å². The minimum atomic E-state index is -0.456. The van der Waals surface area contributed by atoms with Crippen LogP contribution in [0.3, 0.4) is 0 Å². The van der Waals surface area contributed by atoms with Crippen molar-refractivity contribution in [3.63, 3.8) is 0 Å². The molecule has 2 fully saturated rings. The SMILES string of the molecule is Cc1ccc(-n2ncc(-c3nc(C4(N)CCCC4)no3)c2C2CC2)cc1Cl.Cl. The first-order valence-corrected chi connectivity index (χ1v) is 9.91. The molecule has 1 aromatic carbocycles. The van der Waals surface area contributed by atoms with Crippen molar-refractivity contribution < 1.29 is 4.52 Å². The number of nitrogens with zero attached hydrogens (tertiary/aromatic N) is 4.